The summed E-state index contributed by atoms with van der Waals surface area (Å²) in [5, 5.41) is 1.41. The summed E-state index contributed by atoms with van der Waals surface area (Å²) < 4.78 is 0. The van der Waals surface area contributed by atoms with Crippen LogP contribution < -0.4 is 5.73 Å². The minimum Gasteiger partial charge on any atom is -0.361 e. The van der Waals surface area contributed by atoms with Crippen molar-refractivity contribution >= 4 is 20.4 Å². The summed E-state index contributed by atoms with van der Waals surface area (Å²) in [5.41, 5.74) is 8.71. The molecule has 15 heavy (non-hydrogen) atoms. The number of para-hydroxylation sites is 1. The molecule has 1 aromatic heterocycles. The lowest BCUT2D eigenvalue weighted by Crippen LogP contribution is -2.40. The van der Waals surface area contributed by atoms with Crippen molar-refractivity contribution in [2.75, 3.05) is 0 Å². The number of rotatable bonds is 3. The molecule has 0 fully saturated rings. The topological polar surface area (TPSA) is 41.8 Å². The Hall–Kier alpha value is -1.06. The lowest BCUT2D eigenvalue weighted by Gasteiger charge is -2.16. The van der Waals surface area contributed by atoms with Gasteiger partial charge in [0.15, 0.2) is 0 Å². The number of nitrogens with two attached hydrogens (primary N) is 1. The molecule has 1 aromatic carbocycles. The molecule has 2 rings (SSSR count). The van der Waals surface area contributed by atoms with Crippen LogP contribution in [-0.2, 0) is 6.04 Å². The number of fused-ring (bicyclic) bond motifs is 1. The van der Waals surface area contributed by atoms with Crippen molar-refractivity contribution < 1.29 is 0 Å². The first kappa shape index (κ1) is 10.5. The van der Waals surface area contributed by atoms with Gasteiger partial charge in [0.25, 0.3) is 0 Å². The summed E-state index contributed by atoms with van der Waals surface area (Å²) in [6.45, 7) is 4.27. The second kappa shape index (κ2) is 3.83. The third-order valence-electron chi connectivity index (χ3n) is 2.71. The van der Waals surface area contributed by atoms with Crippen molar-refractivity contribution in [2.24, 2.45) is 5.73 Å². The third kappa shape index (κ3) is 2.49. The lowest BCUT2D eigenvalue weighted by molar-refractivity contribution is 0.725. The summed E-state index contributed by atoms with van der Waals surface area (Å²) in [7, 11) is -0.250. The summed E-state index contributed by atoms with van der Waals surface area (Å²) in [6.07, 6.45) is 2.13. The van der Waals surface area contributed by atoms with Crippen molar-refractivity contribution in [3.05, 3.63) is 36.0 Å². The molecule has 2 nitrogen and oxygen atoms in total. The van der Waals surface area contributed by atoms with Crippen LogP contribution in [0.1, 0.15) is 19.4 Å². The van der Waals surface area contributed by atoms with E-state index in [9.17, 15) is 0 Å². The van der Waals surface area contributed by atoms with E-state index in [1.165, 1.54) is 22.5 Å². The fourth-order valence-corrected chi connectivity index (χ4v) is 3.12. The summed E-state index contributed by atoms with van der Waals surface area (Å²) >= 11 is 0. The van der Waals surface area contributed by atoms with Gasteiger partial charge in [-0.3, -0.25) is 0 Å². The predicted molar refractivity (Wildman–Crippen MR) is 68.8 cm³/mol. The molecular formula is C12H18N2Si. The van der Waals surface area contributed by atoms with Crippen molar-refractivity contribution in [3.8, 4) is 0 Å². The van der Waals surface area contributed by atoms with Crippen LogP contribution in [0.3, 0.4) is 0 Å². The molecule has 1 heterocycles. The molecule has 0 radical (unpaired) electrons. The highest BCUT2D eigenvalue weighted by molar-refractivity contribution is 6.39. The Kier molecular flexibility index (Phi) is 2.67. The van der Waals surface area contributed by atoms with E-state index in [0.717, 1.165) is 0 Å². The summed E-state index contributed by atoms with van der Waals surface area (Å²) in [4.78, 5) is 3.31. The molecule has 0 spiro atoms. The van der Waals surface area contributed by atoms with Crippen LogP contribution in [0.4, 0.5) is 0 Å². The quantitative estimate of drug-likeness (QED) is 0.754. The highest BCUT2D eigenvalue weighted by Crippen LogP contribution is 2.18. The molecule has 0 unspecified atom stereocenters. The summed E-state index contributed by atoms with van der Waals surface area (Å²) in [6, 6.07) is 9.63. The Balaban J connectivity index is 2.22. The van der Waals surface area contributed by atoms with E-state index in [4.69, 9.17) is 5.73 Å². The van der Waals surface area contributed by atoms with Gasteiger partial charge in [0.2, 0.25) is 0 Å². The molecule has 0 amide bonds. The number of aromatic nitrogens is 1. The van der Waals surface area contributed by atoms with E-state index in [1.54, 1.807) is 0 Å². The van der Waals surface area contributed by atoms with Crippen LogP contribution in [0.5, 0.6) is 0 Å². The van der Waals surface area contributed by atoms with Crippen molar-refractivity contribution in [1.82, 2.24) is 4.98 Å². The minimum absolute atomic E-state index is 0.0539. The van der Waals surface area contributed by atoms with Crippen LogP contribution in [-0.4, -0.2) is 19.7 Å². The average molecular weight is 218 g/mol. The van der Waals surface area contributed by atoms with Gasteiger partial charge in [-0.25, -0.2) is 0 Å². The van der Waals surface area contributed by atoms with E-state index in [2.05, 4.69) is 49.3 Å². The Labute approximate surface area is 92.7 Å². The fourth-order valence-electron chi connectivity index (χ4n) is 1.80. The van der Waals surface area contributed by atoms with Gasteiger partial charge in [-0.15, -0.1) is 0 Å². The van der Waals surface area contributed by atoms with Gasteiger partial charge in [-0.2, -0.15) is 0 Å². The van der Waals surface area contributed by atoms with Gasteiger partial charge in [0, 0.05) is 26.6 Å². The largest absolute Gasteiger partial charge is 0.361 e. The van der Waals surface area contributed by atoms with Gasteiger partial charge >= 0.3 is 0 Å². The zero-order valence-electron chi connectivity index (χ0n) is 9.38. The average Bonchev–Trinajstić information content (AvgIpc) is 2.57. The molecule has 3 N–H and O–H groups in total. The van der Waals surface area contributed by atoms with Gasteiger partial charge in [0.05, 0.1) is 0 Å². The maximum Gasteiger partial charge on any atom is 0.0479 e. The van der Waals surface area contributed by atoms with E-state index in [-0.39, 0.29) is 14.7 Å². The predicted octanol–water partition coefficient (Wildman–Crippen LogP) is 1.53. The molecular weight excluding hydrogens is 200 g/mol. The lowest BCUT2D eigenvalue weighted by atomic mass is 10.2. The number of aromatic amines is 1. The highest BCUT2D eigenvalue weighted by Gasteiger charge is 2.12. The second-order valence-electron chi connectivity index (χ2n) is 4.85. The van der Waals surface area contributed by atoms with E-state index in [1.807, 2.05) is 0 Å². The van der Waals surface area contributed by atoms with Gasteiger partial charge in [0.1, 0.15) is 0 Å². The Bertz CT molecular complexity index is 454. The van der Waals surface area contributed by atoms with Crippen LogP contribution in [0.2, 0.25) is 0 Å². The zero-order valence-corrected chi connectivity index (χ0v) is 10.8. The zero-order chi connectivity index (χ0) is 10.9. The number of nitrogens with one attached hydrogen (secondary N) is 1. The van der Waals surface area contributed by atoms with Crippen molar-refractivity contribution in [1.29, 1.82) is 0 Å². The fraction of sp³-hybridized carbons (Fsp3) is 0.333. The molecule has 0 aliphatic heterocycles. The first-order chi connectivity index (χ1) is 7.06. The van der Waals surface area contributed by atoms with Crippen LogP contribution in [0, 0.1) is 0 Å². The molecule has 0 atom stereocenters. The Morgan fingerprint density at radius 1 is 1.33 bits per heavy atom. The maximum atomic E-state index is 6.05. The molecule has 0 bridgehead atoms. The number of H-pyrrole nitrogens is 1. The molecule has 0 aliphatic carbocycles. The number of benzene rings is 1. The second-order valence-corrected chi connectivity index (χ2v) is 7.67. The SMILES string of the molecule is CC(C)(N)[SiH2]Cc1c[nH]c2ccccc12. The van der Waals surface area contributed by atoms with Gasteiger partial charge in [-0.05, 0) is 22.8 Å². The maximum absolute atomic E-state index is 6.05. The molecule has 0 saturated carbocycles. The smallest absolute Gasteiger partial charge is 0.0479 e. The van der Waals surface area contributed by atoms with Crippen molar-refractivity contribution in [3.63, 3.8) is 0 Å². The standard InChI is InChI=1S/C12H18N2Si/c1-12(2,13)15-8-9-7-14-11-6-4-3-5-10(9)11/h3-7,14H,8,13,15H2,1-2H3. The molecule has 80 valence electrons. The third-order valence-corrected chi connectivity index (χ3v) is 4.79. The number of hydrogen-bond acceptors (Lipinski definition) is 1. The molecule has 0 saturated heterocycles. The Morgan fingerprint density at radius 2 is 2.07 bits per heavy atom. The first-order valence-electron chi connectivity index (χ1n) is 5.40. The van der Waals surface area contributed by atoms with Crippen LogP contribution in [0.25, 0.3) is 10.9 Å². The molecule has 0 aliphatic rings. The summed E-state index contributed by atoms with van der Waals surface area (Å²) in [5.74, 6) is 0. The monoisotopic (exact) mass is 218 g/mol. The molecule has 2 aromatic rings. The van der Waals surface area contributed by atoms with Crippen LogP contribution in [0.15, 0.2) is 30.5 Å². The van der Waals surface area contributed by atoms with Gasteiger partial charge < -0.3 is 10.7 Å². The molecule has 3 heteroatoms. The Morgan fingerprint density at radius 3 is 2.80 bits per heavy atom. The van der Waals surface area contributed by atoms with Crippen molar-refractivity contribution in [2.45, 2.75) is 25.1 Å². The minimum atomic E-state index is -0.250. The van der Waals surface area contributed by atoms with E-state index >= 15 is 0 Å². The van der Waals surface area contributed by atoms with Crippen LogP contribution >= 0.6 is 0 Å². The number of hydrogen-bond donors (Lipinski definition) is 2. The highest BCUT2D eigenvalue weighted by atomic mass is 28.2. The van der Waals surface area contributed by atoms with E-state index < -0.39 is 0 Å². The normalized spacial score (nSPS) is 13.0. The van der Waals surface area contributed by atoms with E-state index in [0.29, 0.717) is 0 Å². The van der Waals surface area contributed by atoms with Gasteiger partial charge in [-0.1, -0.05) is 32.0 Å². The first-order valence-corrected chi connectivity index (χ1v) is 7.11.